The van der Waals surface area contributed by atoms with Gasteiger partial charge in [0.1, 0.15) is 12.2 Å². The number of hydrogen-bond donors (Lipinski definition) is 0. The number of unbranched alkanes of at least 4 members (excludes halogenated alkanes) is 7. The summed E-state index contributed by atoms with van der Waals surface area (Å²) in [7, 11) is 0. The van der Waals surface area contributed by atoms with Gasteiger partial charge >= 0.3 is 5.97 Å². The second-order valence-corrected chi connectivity index (χ2v) is 5.26. The molecule has 3 unspecified atom stereocenters. The molecule has 0 aromatic carbocycles. The first-order valence-corrected chi connectivity index (χ1v) is 7.19. The molecule has 0 aliphatic carbocycles. The van der Waals surface area contributed by atoms with Crippen molar-refractivity contribution in [3.63, 3.8) is 0 Å². The minimum absolute atomic E-state index is 0.0626. The molecule has 2 fully saturated rings. The van der Waals surface area contributed by atoms with E-state index in [0.29, 0.717) is 0 Å². The van der Waals surface area contributed by atoms with E-state index in [4.69, 9.17) is 9.47 Å². The molecule has 17 heavy (non-hydrogen) atoms. The molecule has 0 saturated carbocycles. The molecular formula is C14H24O3. The Kier molecular flexibility index (Phi) is 4.84. The van der Waals surface area contributed by atoms with Crippen LogP contribution in [0.25, 0.3) is 0 Å². The van der Waals surface area contributed by atoms with E-state index >= 15 is 0 Å². The summed E-state index contributed by atoms with van der Waals surface area (Å²) >= 11 is 0. The van der Waals surface area contributed by atoms with Crippen molar-refractivity contribution in [1.29, 1.82) is 0 Å². The third kappa shape index (κ3) is 3.70. The van der Waals surface area contributed by atoms with Crippen molar-refractivity contribution in [2.75, 3.05) is 0 Å². The zero-order valence-corrected chi connectivity index (χ0v) is 10.8. The Labute approximate surface area is 104 Å². The summed E-state index contributed by atoms with van der Waals surface area (Å²) < 4.78 is 10.4. The van der Waals surface area contributed by atoms with Crippen LogP contribution in [-0.4, -0.2) is 24.3 Å². The van der Waals surface area contributed by atoms with Crippen molar-refractivity contribution in [2.45, 2.75) is 83.0 Å². The summed E-state index contributed by atoms with van der Waals surface area (Å²) in [6.07, 6.45) is 11.5. The number of cyclic esters (lactones) is 1. The Balaban J connectivity index is 1.41. The fraction of sp³-hybridized carbons (Fsp3) is 0.929. The van der Waals surface area contributed by atoms with Crippen LogP contribution in [0.4, 0.5) is 0 Å². The zero-order valence-electron chi connectivity index (χ0n) is 10.8. The highest BCUT2D eigenvalue weighted by Crippen LogP contribution is 2.37. The molecule has 3 atom stereocenters. The Morgan fingerprint density at radius 3 is 2.18 bits per heavy atom. The van der Waals surface area contributed by atoms with Gasteiger partial charge in [0.15, 0.2) is 6.10 Å². The molecule has 0 amide bonds. The molecule has 3 heteroatoms. The molecule has 0 spiro atoms. The largest absolute Gasteiger partial charge is 0.457 e. The zero-order chi connectivity index (χ0) is 12.1. The summed E-state index contributed by atoms with van der Waals surface area (Å²) in [5.74, 6) is -0.139. The van der Waals surface area contributed by atoms with Gasteiger partial charge in [0.2, 0.25) is 0 Å². The highest BCUT2D eigenvalue weighted by molar-refractivity contribution is 5.81. The monoisotopic (exact) mass is 240 g/mol. The summed E-state index contributed by atoms with van der Waals surface area (Å²) in [4.78, 5) is 11.1. The van der Waals surface area contributed by atoms with Gasteiger partial charge in [0.25, 0.3) is 0 Å². The first-order valence-electron chi connectivity index (χ1n) is 7.19. The van der Waals surface area contributed by atoms with Crippen LogP contribution in [0.15, 0.2) is 0 Å². The molecule has 2 rings (SSSR count). The quantitative estimate of drug-likeness (QED) is 0.353. The van der Waals surface area contributed by atoms with Gasteiger partial charge in [0, 0.05) is 0 Å². The number of hydrogen-bond acceptors (Lipinski definition) is 3. The highest BCUT2D eigenvalue weighted by Gasteiger charge is 2.58. The summed E-state index contributed by atoms with van der Waals surface area (Å²) in [6, 6.07) is 0. The third-order valence-corrected chi connectivity index (χ3v) is 3.73. The molecule has 2 saturated heterocycles. The van der Waals surface area contributed by atoms with Gasteiger partial charge in [-0.25, -0.2) is 4.79 Å². The Bertz CT molecular complexity index is 252. The SMILES string of the molecule is CCCCCCCCCCC1OC(=O)C2OC12. The van der Waals surface area contributed by atoms with E-state index in [-0.39, 0.29) is 24.3 Å². The van der Waals surface area contributed by atoms with Crippen LogP contribution in [0, 0.1) is 0 Å². The molecule has 0 aromatic rings. The van der Waals surface area contributed by atoms with E-state index in [1.165, 1.54) is 44.9 Å². The highest BCUT2D eigenvalue weighted by atomic mass is 16.7. The van der Waals surface area contributed by atoms with E-state index < -0.39 is 0 Å². The van der Waals surface area contributed by atoms with E-state index in [0.717, 1.165) is 12.8 Å². The molecule has 2 aliphatic heterocycles. The van der Waals surface area contributed by atoms with E-state index in [2.05, 4.69) is 6.92 Å². The van der Waals surface area contributed by atoms with Gasteiger partial charge in [-0.1, -0.05) is 51.9 Å². The molecular weight excluding hydrogens is 216 g/mol. The topological polar surface area (TPSA) is 38.8 Å². The lowest BCUT2D eigenvalue weighted by atomic mass is 10.0. The van der Waals surface area contributed by atoms with Crippen molar-refractivity contribution >= 4 is 5.97 Å². The number of carbonyl (C=O) groups is 1. The smallest absolute Gasteiger partial charge is 0.338 e. The first kappa shape index (κ1) is 12.9. The van der Waals surface area contributed by atoms with Crippen LogP contribution >= 0.6 is 0 Å². The van der Waals surface area contributed by atoms with Gasteiger partial charge in [-0.05, 0) is 12.8 Å². The van der Waals surface area contributed by atoms with E-state index in [9.17, 15) is 4.79 Å². The Morgan fingerprint density at radius 1 is 1.00 bits per heavy atom. The van der Waals surface area contributed by atoms with Crippen LogP contribution in [0.2, 0.25) is 0 Å². The second kappa shape index (κ2) is 6.39. The number of carbonyl (C=O) groups excluding carboxylic acids is 1. The lowest BCUT2D eigenvalue weighted by Gasteiger charge is -2.10. The van der Waals surface area contributed by atoms with Gasteiger partial charge < -0.3 is 9.47 Å². The predicted octanol–water partition coefficient (Wildman–Crippen LogP) is 3.21. The molecule has 0 radical (unpaired) electrons. The minimum Gasteiger partial charge on any atom is -0.457 e. The predicted molar refractivity (Wildman–Crippen MR) is 65.8 cm³/mol. The molecule has 0 N–H and O–H groups in total. The summed E-state index contributed by atoms with van der Waals surface area (Å²) in [6.45, 7) is 2.25. The number of esters is 1. The Hall–Kier alpha value is -0.570. The maximum absolute atomic E-state index is 11.1. The standard InChI is InChI=1S/C14H24O3/c1-2-3-4-5-6-7-8-9-10-11-12-13(17-12)14(15)16-11/h11-13H,2-10H2,1H3. The van der Waals surface area contributed by atoms with Gasteiger partial charge in [-0.2, -0.15) is 0 Å². The van der Waals surface area contributed by atoms with Gasteiger partial charge in [-0.3, -0.25) is 0 Å². The van der Waals surface area contributed by atoms with Crippen molar-refractivity contribution < 1.29 is 14.3 Å². The molecule has 2 aliphatic rings. The molecule has 0 bridgehead atoms. The van der Waals surface area contributed by atoms with Crippen molar-refractivity contribution in [1.82, 2.24) is 0 Å². The van der Waals surface area contributed by atoms with Crippen LogP contribution in [0.5, 0.6) is 0 Å². The van der Waals surface area contributed by atoms with Crippen LogP contribution in [0.1, 0.15) is 64.7 Å². The average molecular weight is 240 g/mol. The average Bonchev–Trinajstić information content (AvgIpc) is 3.05. The molecule has 0 aromatic heterocycles. The third-order valence-electron chi connectivity index (χ3n) is 3.73. The number of ether oxygens (including phenoxy) is 2. The van der Waals surface area contributed by atoms with Crippen LogP contribution in [-0.2, 0) is 14.3 Å². The maximum Gasteiger partial charge on any atom is 0.338 e. The second-order valence-electron chi connectivity index (χ2n) is 5.26. The first-order chi connectivity index (χ1) is 8.33. The van der Waals surface area contributed by atoms with Crippen molar-refractivity contribution in [3.8, 4) is 0 Å². The number of epoxide rings is 1. The normalized spacial score (nSPS) is 30.2. The Morgan fingerprint density at radius 2 is 1.65 bits per heavy atom. The van der Waals surface area contributed by atoms with Crippen LogP contribution in [0.3, 0.4) is 0 Å². The minimum atomic E-state index is -0.200. The van der Waals surface area contributed by atoms with E-state index in [1.54, 1.807) is 0 Å². The lowest BCUT2D eigenvalue weighted by molar-refractivity contribution is -0.149. The fourth-order valence-electron chi connectivity index (χ4n) is 2.58. The van der Waals surface area contributed by atoms with Gasteiger partial charge in [0.05, 0.1) is 0 Å². The van der Waals surface area contributed by atoms with Gasteiger partial charge in [-0.15, -0.1) is 0 Å². The molecule has 98 valence electrons. The number of fused-ring (bicyclic) bond motifs is 1. The van der Waals surface area contributed by atoms with E-state index in [1.807, 2.05) is 0 Å². The van der Waals surface area contributed by atoms with Crippen LogP contribution < -0.4 is 0 Å². The van der Waals surface area contributed by atoms with Crippen molar-refractivity contribution in [2.24, 2.45) is 0 Å². The maximum atomic E-state index is 11.1. The lowest BCUT2D eigenvalue weighted by Crippen LogP contribution is -2.15. The molecule has 3 nitrogen and oxygen atoms in total. The number of rotatable bonds is 9. The molecule has 2 heterocycles. The fourth-order valence-corrected chi connectivity index (χ4v) is 2.58. The summed E-state index contributed by atoms with van der Waals surface area (Å²) in [5.41, 5.74) is 0. The van der Waals surface area contributed by atoms with Crippen molar-refractivity contribution in [3.05, 3.63) is 0 Å². The summed E-state index contributed by atoms with van der Waals surface area (Å²) in [5, 5.41) is 0.